The lowest BCUT2D eigenvalue weighted by atomic mass is 10.2. The van der Waals surface area contributed by atoms with E-state index in [9.17, 15) is 14.3 Å². The molecular weight excluding hydrogens is 389 g/mol. The predicted molar refractivity (Wildman–Crippen MR) is 108 cm³/mol. The van der Waals surface area contributed by atoms with Crippen molar-refractivity contribution in [3.63, 3.8) is 0 Å². The van der Waals surface area contributed by atoms with Gasteiger partial charge in [-0.1, -0.05) is 29.8 Å². The van der Waals surface area contributed by atoms with Crippen LogP contribution in [0.15, 0.2) is 59.1 Å². The van der Waals surface area contributed by atoms with Gasteiger partial charge in [0, 0.05) is 16.3 Å². The van der Waals surface area contributed by atoms with Crippen LogP contribution in [-0.2, 0) is 9.53 Å². The van der Waals surface area contributed by atoms with Crippen molar-refractivity contribution >= 4 is 56.7 Å². The van der Waals surface area contributed by atoms with Gasteiger partial charge in [-0.25, -0.2) is 9.18 Å². The van der Waals surface area contributed by atoms with E-state index in [2.05, 4.69) is 4.99 Å². The quantitative estimate of drug-likeness (QED) is 0.248. The third kappa shape index (κ3) is 4.18. The van der Waals surface area contributed by atoms with Crippen LogP contribution in [0.5, 0.6) is 0 Å². The second-order valence-electron chi connectivity index (χ2n) is 5.46. The molecule has 1 N–H and O–H groups in total. The van der Waals surface area contributed by atoms with Crippen molar-refractivity contribution in [2.75, 3.05) is 6.61 Å². The summed E-state index contributed by atoms with van der Waals surface area (Å²) in [4.78, 5) is 16.8. The summed E-state index contributed by atoms with van der Waals surface area (Å²) >= 11 is 7.65. The minimum Gasteiger partial charge on any atom is -0.505 e. The number of aliphatic imine (C=N–C) groups is 1. The minimum atomic E-state index is -0.727. The lowest BCUT2D eigenvalue weighted by Gasteiger charge is -2.06. The summed E-state index contributed by atoms with van der Waals surface area (Å²) < 4.78 is 18.9. The number of aliphatic hydroxyl groups excluding tert-OH is 1. The van der Waals surface area contributed by atoms with Gasteiger partial charge in [-0.05, 0) is 37.3 Å². The number of fused-ring (bicyclic) bond motifs is 1. The molecule has 0 aliphatic heterocycles. The van der Waals surface area contributed by atoms with Gasteiger partial charge in [0.05, 0.1) is 22.2 Å². The molecule has 7 heteroatoms. The highest BCUT2D eigenvalue weighted by Gasteiger charge is 2.21. The van der Waals surface area contributed by atoms with Gasteiger partial charge >= 0.3 is 5.97 Å². The van der Waals surface area contributed by atoms with Crippen molar-refractivity contribution in [2.24, 2.45) is 4.99 Å². The normalized spacial score (nSPS) is 12.4. The second kappa shape index (κ2) is 8.33. The lowest BCUT2D eigenvalue weighted by Crippen LogP contribution is -2.11. The highest BCUT2D eigenvalue weighted by atomic mass is 35.5. The smallest absolute Gasteiger partial charge is 0.343 e. The van der Waals surface area contributed by atoms with E-state index in [0.29, 0.717) is 15.6 Å². The van der Waals surface area contributed by atoms with E-state index >= 15 is 0 Å². The summed E-state index contributed by atoms with van der Waals surface area (Å²) in [5.74, 6) is -1.44. The van der Waals surface area contributed by atoms with Crippen molar-refractivity contribution in [1.82, 2.24) is 0 Å². The van der Waals surface area contributed by atoms with Crippen molar-refractivity contribution in [2.45, 2.75) is 6.92 Å². The lowest BCUT2D eigenvalue weighted by molar-refractivity contribution is -0.137. The number of halogens is 2. The molecule has 0 fully saturated rings. The molecule has 138 valence electrons. The van der Waals surface area contributed by atoms with Crippen LogP contribution in [0, 0.1) is 5.82 Å². The number of carbonyl (C=O) groups excluding carboxylic acids is 1. The Hall–Kier alpha value is -2.70. The fraction of sp³-hybridized carbons (Fsp3) is 0.100. The molecule has 3 rings (SSSR count). The van der Waals surface area contributed by atoms with E-state index in [4.69, 9.17) is 16.3 Å². The van der Waals surface area contributed by atoms with E-state index in [1.165, 1.54) is 41.8 Å². The number of nitrogens with zero attached hydrogens (tertiary/aromatic N) is 1. The van der Waals surface area contributed by atoms with Crippen LogP contribution in [0.4, 0.5) is 10.1 Å². The summed E-state index contributed by atoms with van der Waals surface area (Å²) in [7, 11) is 0. The molecule has 2 aromatic carbocycles. The Labute approximate surface area is 164 Å². The zero-order valence-corrected chi connectivity index (χ0v) is 15.9. The van der Waals surface area contributed by atoms with Gasteiger partial charge in [0.2, 0.25) is 0 Å². The van der Waals surface area contributed by atoms with E-state index in [1.807, 2.05) is 24.3 Å². The highest BCUT2D eigenvalue weighted by Crippen LogP contribution is 2.39. The van der Waals surface area contributed by atoms with Gasteiger partial charge in [0.1, 0.15) is 17.1 Å². The van der Waals surface area contributed by atoms with Gasteiger partial charge in [-0.15, -0.1) is 11.3 Å². The van der Waals surface area contributed by atoms with Crippen molar-refractivity contribution < 1.29 is 19.0 Å². The highest BCUT2D eigenvalue weighted by molar-refractivity contribution is 7.20. The molecule has 0 spiro atoms. The number of rotatable bonds is 5. The third-order valence-electron chi connectivity index (χ3n) is 3.67. The average Bonchev–Trinajstić information content (AvgIpc) is 3.00. The van der Waals surface area contributed by atoms with E-state index in [0.717, 1.165) is 10.1 Å². The fourth-order valence-corrected chi connectivity index (χ4v) is 3.85. The van der Waals surface area contributed by atoms with Crippen molar-refractivity contribution in [3.05, 3.63) is 69.8 Å². The summed E-state index contributed by atoms with van der Waals surface area (Å²) in [5.41, 5.74) is 0.295. The largest absolute Gasteiger partial charge is 0.505 e. The van der Waals surface area contributed by atoms with Crippen molar-refractivity contribution in [3.8, 4) is 0 Å². The number of benzene rings is 2. The Morgan fingerprint density at radius 1 is 1.26 bits per heavy atom. The Kier molecular flexibility index (Phi) is 5.88. The van der Waals surface area contributed by atoms with E-state index in [1.54, 1.807) is 6.92 Å². The Morgan fingerprint density at radius 2 is 1.96 bits per heavy atom. The fourth-order valence-electron chi connectivity index (χ4n) is 2.37. The van der Waals surface area contributed by atoms with Crippen LogP contribution in [0.1, 0.15) is 11.8 Å². The molecule has 0 saturated carbocycles. The SMILES string of the molecule is CCOC(=O)/C(C=Nc1ccc(F)cc1)=C(/O)c1sc2ccccc2c1Cl. The summed E-state index contributed by atoms with van der Waals surface area (Å²) in [6, 6.07) is 12.8. The van der Waals surface area contributed by atoms with Gasteiger partial charge in [0.15, 0.2) is 0 Å². The van der Waals surface area contributed by atoms with Crippen LogP contribution >= 0.6 is 22.9 Å². The summed E-state index contributed by atoms with van der Waals surface area (Å²) in [5, 5.41) is 11.9. The molecule has 27 heavy (non-hydrogen) atoms. The molecule has 3 aromatic rings. The molecule has 0 unspecified atom stereocenters. The first kappa shape index (κ1) is 19.1. The Bertz CT molecular complexity index is 1040. The number of ether oxygens (including phenoxy) is 1. The van der Waals surface area contributed by atoms with Crippen LogP contribution in [-0.4, -0.2) is 23.9 Å². The molecule has 0 amide bonds. The second-order valence-corrected chi connectivity index (χ2v) is 6.89. The van der Waals surface area contributed by atoms with E-state index < -0.39 is 11.8 Å². The van der Waals surface area contributed by atoms with Crippen molar-refractivity contribution in [1.29, 1.82) is 0 Å². The standard InChI is InChI=1S/C20H15ClFNO3S/c1-2-26-20(25)15(11-23-13-9-7-12(22)8-10-13)18(24)19-17(21)14-5-3-4-6-16(14)27-19/h3-11,24H,2H2,1H3/b18-15+,23-11?. The first-order valence-corrected chi connectivity index (χ1v) is 9.28. The molecule has 0 bridgehead atoms. The summed E-state index contributed by atoms with van der Waals surface area (Å²) in [6.07, 6.45) is 1.20. The van der Waals surface area contributed by atoms with Crippen LogP contribution in [0.2, 0.25) is 5.02 Å². The number of esters is 1. The monoisotopic (exact) mass is 403 g/mol. The number of hydrogen-bond donors (Lipinski definition) is 1. The third-order valence-corrected chi connectivity index (χ3v) is 5.35. The number of hydrogen-bond acceptors (Lipinski definition) is 5. The van der Waals surface area contributed by atoms with Crippen LogP contribution < -0.4 is 0 Å². The first-order chi connectivity index (χ1) is 13.0. The molecule has 0 atom stereocenters. The van der Waals surface area contributed by atoms with Gasteiger partial charge in [-0.3, -0.25) is 4.99 Å². The first-order valence-electron chi connectivity index (χ1n) is 8.08. The molecule has 0 radical (unpaired) electrons. The maximum atomic E-state index is 13.0. The molecule has 1 heterocycles. The average molecular weight is 404 g/mol. The summed E-state index contributed by atoms with van der Waals surface area (Å²) in [6.45, 7) is 1.80. The minimum absolute atomic E-state index is 0.130. The van der Waals surface area contributed by atoms with Gasteiger partial charge < -0.3 is 9.84 Å². The molecular formula is C20H15ClFNO3S. The topological polar surface area (TPSA) is 58.9 Å². The van der Waals surface area contributed by atoms with E-state index in [-0.39, 0.29) is 17.9 Å². The van der Waals surface area contributed by atoms with Crippen LogP contribution in [0.3, 0.4) is 0 Å². The Balaban J connectivity index is 2.08. The van der Waals surface area contributed by atoms with Crippen LogP contribution in [0.25, 0.3) is 15.8 Å². The molecule has 0 aliphatic rings. The number of aliphatic hydroxyl groups is 1. The molecule has 0 saturated heterocycles. The molecule has 0 aliphatic carbocycles. The van der Waals surface area contributed by atoms with Gasteiger partial charge in [-0.2, -0.15) is 0 Å². The molecule has 4 nitrogen and oxygen atoms in total. The number of carbonyl (C=O) groups is 1. The van der Waals surface area contributed by atoms with Gasteiger partial charge in [0.25, 0.3) is 0 Å². The maximum absolute atomic E-state index is 13.0. The maximum Gasteiger partial charge on any atom is 0.343 e. The number of thiophene rings is 1. The zero-order valence-electron chi connectivity index (χ0n) is 14.3. The molecule has 1 aromatic heterocycles. The zero-order chi connectivity index (χ0) is 19.4. The predicted octanol–water partition coefficient (Wildman–Crippen LogP) is 5.93. The Morgan fingerprint density at radius 3 is 2.63 bits per heavy atom.